The molecule has 24 heavy (non-hydrogen) atoms. The van der Waals surface area contributed by atoms with Gasteiger partial charge in [0.15, 0.2) is 5.96 Å². The number of nitrogens with zero attached hydrogens (tertiary/aromatic N) is 3. The Kier molecular flexibility index (Phi) is 8.90. The molecule has 0 atom stereocenters. The molecular weight excluding hydrogens is 300 g/mol. The summed E-state index contributed by atoms with van der Waals surface area (Å²) in [5.41, 5.74) is 2.55. The molecule has 1 aromatic rings. The number of amides is 1. The fourth-order valence-electron chi connectivity index (χ4n) is 2.64. The molecule has 0 saturated carbocycles. The number of guanidine groups is 1. The molecule has 1 N–H and O–H groups in total. The molecule has 1 rings (SSSR count). The van der Waals surface area contributed by atoms with Gasteiger partial charge in [-0.05, 0) is 38.3 Å². The summed E-state index contributed by atoms with van der Waals surface area (Å²) < 4.78 is 0. The maximum absolute atomic E-state index is 12.3. The van der Waals surface area contributed by atoms with Crippen molar-refractivity contribution in [3.8, 4) is 0 Å². The van der Waals surface area contributed by atoms with Crippen LogP contribution < -0.4 is 5.32 Å². The van der Waals surface area contributed by atoms with Gasteiger partial charge in [0.2, 0.25) is 5.91 Å². The van der Waals surface area contributed by atoms with Crippen molar-refractivity contribution in [1.82, 2.24) is 15.1 Å². The number of hydrogen-bond acceptors (Lipinski definition) is 2. The standard InChI is InChI=1S/C19H32N4O/c1-6-16-12-10-11-13-17(16)14-21-19(20-7-2)22(5)15-18(24)23(8-3)9-4/h10-13H,6-9,14-15H2,1-5H3,(H,20,21). The van der Waals surface area contributed by atoms with E-state index in [2.05, 4.69) is 30.4 Å². The predicted molar refractivity (Wildman–Crippen MR) is 101 cm³/mol. The van der Waals surface area contributed by atoms with Crippen molar-refractivity contribution in [3.05, 3.63) is 35.4 Å². The normalized spacial score (nSPS) is 11.3. The zero-order chi connectivity index (χ0) is 17.9. The third-order valence-corrected chi connectivity index (χ3v) is 4.08. The number of aryl methyl sites for hydroxylation is 1. The third-order valence-electron chi connectivity index (χ3n) is 4.08. The Balaban J connectivity index is 2.82. The van der Waals surface area contributed by atoms with Gasteiger partial charge in [0.05, 0.1) is 13.1 Å². The maximum Gasteiger partial charge on any atom is 0.242 e. The monoisotopic (exact) mass is 332 g/mol. The van der Waals surface area contributed by atoms with E-state index in [0.717, 1.165) is 32.0 Å². The van der Waals surface area contributed by atoms with E-state index < -0.39 is 0 Å². The fraction of sp³-hybridized carbons (Fsp3) is 0.579. The summed E-state index contributed by atoms with van der Waals surface area (Å²) in [5.74, 6) is 0.894. The molecule has 134 valence electrons. The zero-order valence-electron chi connectivity index (χ0n) is 15.8. The Bertz CT molecular complexity index is 538. The van der Waals surface area contributed by atoms with Crippen LogP contribution in [-0.4, -0.2) is 54.9 Å². The maximum atomic E-state index is 12.3. The van der Waals surface area contributed by atoms with E-state index in [1.807, 2.05) is 43.7 Å². The summed E-state index contributed by atoms with van der Waals surface area (Å²) in [7, 11) is 1.91. The number of rotatable bonds is 8. The van der Waals surface area contributed by atoms with E-state index in [1.54, 1.807) is 0 Å². The van der Waals surface area contributed by atoms with Crippen LogP contribution in [0.3, 0.4) is 0 Å². The van der Waals surface area contributed by atoms with Crippen molar-refractivity contribution in [1.29, 1.82) is 0 Å². The van der Waals surface area contributed by atoms with Crippen LogP contribution in [0.2, 0.25) is 0 Å². The summed E-state index contributed by atoms with van der Waals surface area (Å²) in [6.07, 6.45) is 0.999. The molecule has 5 nitrogen and oxygen atoms in total. The van der Waals surface area contributed by atoms with Crippen molar-refractivity contribution < 1.29 is 4.79 Å². The SMILES string of the molecule is CCNC(=NCc1ccccc1CC)N(C)CC(=O)N(CC)CC. The first-order chi connectivity index (χ1) is 11.6. The highest BCUT2D eigenvalue weighted by atomic mass is 16.2. The molecule has 5 heteroatoms. The number of carbonyl (C=O) groups is 1. The molecule has 0 aromatic heterocycles. The molecule has 0 heterocycles. The average molecular weight is 332 g/mol. The Morgan fingerprint density at radius 3 is 2.25 bits per heavy atom. The van der Waals surface area contributed by atoms with Crippen LogP contribution in [-0.2, 0) is 17.8 Å². The van der Waals surface area contributed by atoms with E-state index in [0.29, 0.717) is 13.1 Å². The molecule has 0 aliphatic carbocycles. The lowest BCUT2D eigenvalue weighted by atomic mass is 10.1. The van der Waals surface area contributed by atoms with E-state index in [-0.39, 0.29) is 5.91 Å². The van der Waals surface area contributed by atoms with Crippen LogP contribution in [0, 0.1) is 0 Å². The van der Waals surface area contributed by atoms with E-state index in [4.69, 9.17) is 4.99 Å². The van der Waals surface area contributed by atoms with E-state index >= 15 is 0 Å². The van der Waals surface area contributed by atoms with Gasteiger partial charge >= 0.3 is 0 Å². The minimum Gasteiger partial charge on any atom is -0.357 e. The van der Waals surface area contributed by atoms with Gasteiger partial charge in [-0.1, -0.05) is 31.2 Å². The predicted octanol–water partition coefficient (Wildman–Crippen LogP) is 2.51. The van der Waals surface area contributed by atoms with Crippen LogP contribution >= 0.6 is 0 Å². The molecule has 1 aromatic carbocycles. The van der Waals surface area contributed by atoms with E-state index in [1.165, 1.54) is 11.1 Å². The summed E-state index contributed by atoms with van der Waals surface area (Å²) in [5, 5.41) is 3.28. The molecule has 0 spiro atoms. The van der Waals surface area contributed by atoms with Gasteiger partial charge in [0.1, 0.15) is 0 Å². The molecule has 0 fully saturated rings. The van der Waals surface area contributed by atoms with Crippen molar-refractivity contribution in [3.63, 3.8) is 0 Å². The second-order valence-corrected chi connectivity index (χ2v) is 5.71. The van der Waals surface area contributed by atoms with Crippen LogP contribution in [0.15, 0.2) is 29.3 Å². The van der Waals surface area contributed by atoms with Crippen molar-refractivity contribution >= 4 is 11.9 Å². The summed E-state index contributed by atoms with van der Waals surface area (Å²) >= 11 is 0. The van der Waals surface area contributed by atoms with E-state index in [9.17, 15) is 4.79 Å². The van der Waals surface area contributed by atoms with Gasteiger partial charge < -0.3 is 15.1 Å². The van der Waals surface area contributed by atoms with Gasteiger partial charge in [-0.25, -0.2) is 4.99 Å². The number of hydrogen-bond donors (Lipinski definition) is 1. The van der Waals surface area contributed by atoms with Gasteiger partial charge in [-0.15, -0.1) is 0 Å². The topological polar surface area (TPSA) is 47.9 Å². The second kappa shape index (κ2) is 10.7. The van der Waals surface area contributed by atoms with Crippen molar-refractivity contribution in [2.45, 2.75) is 40.7 Å². The minimum absolute atomic E-state index is 0.127. The number of benzene rings is 1. The van der Waals surface area contributed by atoms with Gasteiger partial charge in [0, 0.05) is 26.7 Å². The van der Waals surface area contributed by atoms with Gasteiger partial charge in [-0.3, -0.25) is 4.79 Å². The Labute approximate surface area is 146 Å². The molecule has 0 aliphatic rings. The first-order valence-electron chi connectivity index (χ1n) is 8.91. The Morgan fingerprint density at radius 2 is 1.71 bits per heavy atom. The lowest BCUT2D eigenvalue weighted by Crippen LogP contribution is -2.45. The lowest BCUT2D eigenvalue weighted by molar-refractivity contribution is -0.131. The summed E-state index contributed by atoms with van der Waals surface area (Å²) in [6.45, 7) is 11.4. The lowest BCUT2D eigenvalue weighted by Gasteiger charge is -2.25. The number of nitrogens with one attached hydrogen (secondary N) is 1. The molecular formula is C19H32N4O. The van der Waals surface area contributed by atoms with Crippen molar-refractivity contribution in [2.75, 3.05) is 33.2 Å². The zero-order valence-corrected chi connectivity index (χ0v) is 15.8. The molecule has 0 unspecified atom stereocenters. The van der Waals surface area contributed by atoms with Gasteiger partial charge in [-0.2, -0.15) is 0 Å². The third kappa shape index (κ3) is 5.87. The Morgan fingerprint density at radius 1 is 1.08 bits per heavy atom. The minimum atomic E-state index is 0.127. The first kappa shape index (κ1) is 20.0. The molecule has 0 radical (unpaired) electrons. The average Bonchev–Trinajstić information content (AvgIpc) is 2.59. The summed E-state index contributed by atoms with van der Waals surface area (Å²) in [6, 6.07) is 8.37. The number of carbonyl (C=O) groups excluding carboxylic acids is 1. The highest BCUT2D eigenvalue weighted by molar-refractivity contribution is 5.86. The highest BCUT2D eigenvalue weighted by Gasteiger charge is 2.15. The molecule has 0 aliphatic heterocycles. The van der Waals surface area contributed by atoms with Crippen LogP contribution in [0.5, 0.6) is 0 Å². The molecule has 0 saturated heterocycles. The quantitative estimate of drug-likeness (QED) is 0.588. The molecule has 1 amide bonds. The Hall–Kier alpha value is -2.04. The first-order valence-corrected chi connectivity index (χ1v) is 8.91. The smallest absolute Gasteiger partial charge is 0.242 e. The van der Waals surface area contributed by atoms with Crippen molar-refractivity contribution in [2.24, 2.45) is 4.99 Å². The molecule has 0 bridgehead atoms. The number of aliphatic imine (C=N–C) groups is 1. The highest BCUT2D eigenvalue weighted by Crippen LogP contribution is 2.10. The van der Waals surface area contributed by atoms with Crippen LogP contribution in [0.4, 0.5) is 0 Å². The largest absolute Gasteiger partial charge is 0.357 e. The van der Waals surface area contributed by atoms with Crippen LogP contribution in [0.25, 0.3) is 0 Å². The second-order valence-electron chi connectivity index (χ2n) is 5.71. The van der Waals surface area contributed by atoms with Crippen LogP contribution in [0.1, 0.15) is 38.8 Å². The number of likely N-dealkylation sites (N-methyl/N-ethyl adjacent to an activating group) is 2. The fourth-order valence-corrected chi connectivity index (χ4v) is 2.64. The summed E-state index contributed by atoms with van der Waals surface area (Å²) in [4.78, 5) is 20.8. The van der Waals surface area contributed by atoms with Gasteiger partial charge in [0.25, 0.3) is 0 Å².